The van der Waals surface area contributed by atoms with Gasteiger partial charge in [-0.1, -0.05) is 42.5 Å². The normalized spacial score (nSPS) is 22.9. The first kappa shape index (κ1) is 27.5. The number of nitrogens with one attached hydrogen (secondary N) is 1. The molecule has 0 saturated carbocycles. The monoisotopic (exact) mass is 554 g/mol. The Labute approximate surface area is 229 Å². The average molecular weight is 555 g/mol. The summed E-state index contributed by atoms with van der Waals surface area (Å²) in [6.45, 7) is 4.42. The molecule has 1 N–H and O–H groups in total. The van der Waals surface area contributed by atoms with Crippen LogP contribution in [0, 0.1) is 12.7 Å². The second-order valence-corrected chi connectivity index (χ2v) is 12.7. The highest BCUT2D eigenvalue weighted by Gasteiger charge is 2.43. The van der Waals surface area contributed by atoms with Gasteiger partial charge < -0.3 is 10.1 Å². The SMILES string of the molecule is Cc1cc(NC(=O)C2(c3ccc(CN4[C@@H](C)CC[C@H](c5ccccc5)S4(=O)=O)c(F)c3)CCOCC2)n(C)n1. The van der Waals surface area contributed by atoms with E-state index in [0.717, 1.165) is 11.3 Å². The number of benzene rings is 2. The Bertz CT molecular complexity index is 1450. The van der Waals surface area contributed by atoms with Crippen molar-refractivity contribution in [2.45, 2.75) is 62.8 Å². The van der Waals surface area contributed by atoms with Crippen LogP contribution < -0.4 is 5.32 Å². The summed E-state index contributed by atoms with van der Waals surface area (Å²) >= 11 is 0. The number of aromatic nitrogens is 2. The van der Waals surface area contributed by atoms with Gasteiger partial charge in [-0.15, -0.1) is 0 Å². The molecule has 0 unspecified atom stereocenters. The van der Waals surface area contributed by atoms with Gasteiger partial charge in [0.15, 0.2) is 0 Å². The second kappa shape index (κ2) is 10.8. The van der Waals surface area contributed by atoms with E-state index in [4.69, 9.17) is 4.74 Å². The summed E-state index contributed by atoms with van der Waals surface area (Å²) in [7, 11) is -1.94. The molecule has 2 atom stereocenters. The van der Waals surface area contributed by atoms with E-state index in [-0.39, 0.29) is 24.1 Å². The number of hydrogen-bond acceptors (Lipinski definition) is 5. The van der Waals surface area contributed by atoms with Gasteiger partial charge >= 0.3 is 0 Å². The predicted octanol–water partition coefficient (Wildman–Crippen LogP) is 4.61. The predicted molar refractivity (Wildman–Crippen MR) is 147 cm³/mol. The van der Waals surface area contributed by atoms with Crippen LogP contribution in [-0.2, 0) is 38.6 Å². The summed E-state index contributed by atoms with van der Waals surface area (Å²) in [6, 6.07) is 15.5. The van der Waals surface area contributed by atoms with Gasteiger partial charge in [0.25, 0.3) is 0 Å². The zero-order valence-electron chi connectivity index (χ0n) is 22.6. The van der Waals surface area contributed by atoms with Crippen LogP contribution in [0.4, 0.5) is 10.2 Å². The number of amides is 1. The van der Waals surface area contributed by atoms with Crippen LogP contribution in [0.1, 0.15) is 60.2 Å². The number of anilines is 1. The van der Waals surface area contributed by atoms with E-state index >= 15 is 4.39 Å². The van der Waals surface area contributed by atoms with Gasteiger partial charge in [0.2, 0.25) is 15.9 Å². The quantitative estimate of drug-likeness (QED) is 0.480. The fourth-order valence-corrected chi connectivity index (χ4v) is 8.01. The molecule has 8 nitrogen and oxygen atoms in total. The molecule has 0 aliphatic carbocycles. The van der Waals surface area contributed by atoms with Crippen molar-refractivity contribution in [1.29, 1.82) is 0 Å². The number of hydrogen-bond donors (Lipinski definition) is 1. The van der Waals surface area contributed by atoms with Gasteiger partial charge in [-0.05, 0) is 56.7 Å². The lowest BCUT2D eigenvalue weighted by Gasteiger charge is -2.38. The Morgan fingerprint density at radius 2 is 1.85 bits per heavy atom. The molecule has 1 aromatic heterocycles. The largest absolute Gasteiger partial charge is 0.381 e. The number of carbonyl (C=O) groups excluding carboxylic acids is 1. The highest BCUT2D eigenvalue weighted by molar-refractivity contribution is 7.89. The number of carbonyl (C=O) groups is 1. The van der Waals surface area contributed by atoms with Crippen LogP contribution in [0.5, 0.6) is 0 Å². The van der Waals surface area contributed by atoms with Crippen LogP contribution >= 0.6 is 0 Å². The van der Waals surface area contributed by atoms with Crippen LogP contribution in [0.25, 0.3) is 0 Å². The Balaban J connectivity index is 1.42. The lowest BCUT2D eigenvalue weighted by Crippen LogP contribution is -2.45. The third kappa shape index (κ3) is 5.25. The molecule has 0 spiro atoms. The topological polar surface area (TPSA) is 93.5 Å². The van der Waals surface area contributed by atoms with Crippen molar-refractivity contribution in [2.24, 2.45) is 7.05 Å². The Morgan fingerprint density at radius 1 is 1.13 bits per heavy atom. The molecule has 5 rings (SSSR count). The minimum Gasteiger partial charge on any atom is -0.381 e. The van der Waals surface area contributed by atoms with Crippen molar-refractivity contribution in [1.82, 2.24) is 14.1 Å². The van der Waals surface area contributed by atoms with Crippen LogP contribution in [0.3, 0.4) is 0 Å². The van der Waals surface area contributed by atoms with Crippen LogP contribution in [-0.4, -0.2) is 47.7 Å². The smallest absolute Gasteiger partial charge is 0.236 e. The molecule has 1 amide bonds. The lowest BCUT2D eigenvalue weighted by atomic mass is 9.73. The fourth-order valence-electron chi connectivity index (χ4n) is 5.82. The molecule has 39 heavy (non-hydrogen) atoms. The molecule has 3 heterocycles. The maximum absolute atomic E-state index is 15.7. The second-order valence-electron chi connectivity index (χ2n) is 10.7. The minimum atomic E-state index is -3.70. The highest BCUT2D eigenvalue weighted by Crippen LogP contribution is 2.40. The lowest BCUT2D eigenvalue weighted by molar-refractivity contribution is -0.125. The van der Waals surface area contributed by atoms with Gasteiger partial charge in [-0.25, -0.2) is 12.8 Å². The third-order valence-corrected chi connectivity index (χ3v) is 10.5. The van der Waals surface area contributed by atoms with Gasteiger partial charge in [0.05, 0.1) is 11.1 Å². The van der Waals surface area contributed by atoms with E-state index in [9.17, 15) is 13.2 Å². The van der Waals surface area contributed by atoms with Crippen molar-refractivity contribution >= 4 is 21.7 Å². The molecule has 2 aliphatic heterocycles. The first-order valence-electron chi connectivity index (χ1n) is 13.4. The molecule has 2 aliphatic rings. The number of rotatable bonds is 6. The summed E-state index contributed by atoms with van der Waals surface area (Å²) in [6.07, 6.45) is 2.03. The molecule has 0 radical (unpaired) electrons. The van der Waals surface area contributed by atoms with Crippen LogP contribution in [0.2, 0.25) is 0 Å². The molecule has 10 heteroatoms. The van der Waals surface area contributed by atoms with Crippen molar-refractivity contribution in [3.8, 4) is 0 Å². The summed E-state index contributed by atoms with van der Waals surface area (Å²) < 4.78 is 51.5. The molecule has 2 aromatic carbocycles. The molecule has 3 aromatic rings. The Kier molecular flexibility index (Phi) is 7.63. The Morgan fingerprint density at radius 3 is 2.49 bits per heavy atom. The van der Waals surface area contributed by atoms with E-state index in [2.05, 4.69) is 10.4 Å². The molecular formula is C29H35FN4O4S. The third-order valence-electron chi connectivity index (χ3n) is 8.15. The zero-order chi connectivity index (χ0) is 27.8. The standard InChI is InChI=1S/C29H35FN4O4S/c1-20-17-27(33(3)32-20)31-28(35)29(13-15-38-16-14-29)24-11-10-23(25(30)18-24)19-34-21(2)9-12-26(39(34,36)37)22-7-5-4-6-8-22/h4-8,10-11,17-18,21,26H,9,12-16,19H2,1-3H3,(H,31,35)/t21-,26+/m0/s1. The summed E-state index contributed by atoms with van der Waals surface area (Å²) in [5.41, 5.74) is 1.40. The number of sulfonamides is 1. The van der Waals surface area contributed by atoms with E-state index in [1.807, 2.05) is 44.2 Å². The zero-order valence-corrected chi connectivity index (χ0v) is 23.4. The highest BCUT2D eigenvalue weighted by atomic mass is 32.2. The molecule has 208 valence electrons. The van der Waals surface area contributed by atoms with Crippen LogP contribution in [0.15, 0.2) is 54.6 Å². The first-order chi connectivity index (χ1) is 18.6. The molecule has 0 bridgehead atoms. The number of ether oxygens (including phenoxy) is 1. The fraction of sp³-hybridized carbons (Fsp3) is 0.448. The average Bonchev–Trinajstić information content (AvgIpc) is 3.23. The van der Waals surface area contributed by atoms with Gasteiger partial charge in [-0.3, -0.25) is 9.48 Å². The van der Waals surface area contributed by atoms with E-state index < -0.39 is 26.5 Å². The van der Waals surface area contributed by atoms with Crippen molar-refractivity contribution < 1.29 is 22.3 Å². The first-order valence-corrected chi connectivity index (χ1v) is 14.9. The van der Waals surface area contributed by atoms with E-state index in [1.165, 1.54) is 10.4 Å². The summed E-state index contributed by atoms with van der Waals surface area (Å²) in [5, 5.41) is 6.61. The number of nitrogens with zero attached hydrogens (tertiary/aromatic N) is 3. The maximum atomic E-state index is 15.7. The molecular weight excluding hydrogens is 519 g/mol. The number of halogens is 1. The molecule has 2 saturated heterocycles. The molecule has 2 fully saturated rings. The van der Waals surface area contributed by atoms with Gasteiger partial charge in [0, 0.05) is 44.5 Å². The van der Waals surface area contributed by atoms with Crippen molar-refractivity contribution in [3.05, 3.63) is 82.8 Å². The minimum absolute atomic E-state index is 0.0600. The summed E-state index contributed by atoms with van der Waals surface area (Å²) in [5.74, 6) is -0.191. The van der Waals surface area contributed by atoms with E-state index in [1.54, 1.807) is 29.9 Å². The summed E-state index contributed by atoms with van der Waals surface area (Å²) in [4.78, 5) is 13.6. The number of aryl methyl sites for hydroxylation is 2. The van der Waals surface area contributed by atoms with E-state index in [0.29, 0.717) is 50.3 Å². The van der Waals surface area contributed by atoms with Gasteiger partial charge in [0.1, 0.15) is 16.9 Å². The Hall–Kier alpha value is -3.08. The van der Waals surface area contributed by atoms with Crippen molar-refractivity contribution in [3.63, 3.8) is 0 Å². The van der Waals surface area contributed by atoms with Gasteiger partial charge in [-0.2, -0.15) is 9.40 Å². The van der Waals surface area contributed by atoms with Crippen molar-refractivity contribution in [2.75, 3.05) is 18.5 Å². The maximum Gasteiger partial charge on any atom is 0.236 e.